The second-order valence-corrected chi connectivity index (χ2v) is 2.23. The van der Waals surface area contributed by atoms with Crippen molar-refractivity contribution < 1.29 is 14.7 Å². The van der Waals surface area contributed by atoms with Crippen LogP contribution in [-0.4, -0.2) is 16.9 Å². The predicted octanol–water partition coefficient (Wildman–Crippen LogP) is 0.852. The van der Waals surface area contributed by atoms with Crippen molar-refractivity contribution in [3.8, 4) is 0 Å². The molecular weight excluding hydrogens is 132 g/mol. The minimum absolute atomic E-state index is 0.129. The Hall–Kier alpha value is -1.12. The van der Waals surface area contributed by atoms with Crippen LogP contribution in [0.15, 0.2) is 12.2 Å². The molecule has 0 atom stereocenters. The lowest BCUT2D eigenvalue weighted by atomic mass is 10.1. The van der Waals surface area contributed by atoms with Crippen LogP contribution >= 0.6 is 0 Å². The summed E-state index contributed by atoms with van der Waals surface area (Å²) in [6, 6.07) is 0. The third kappa shape index (κ3) is 3.83. The van der Waals surface area contributed by atoms with E-state index in [-0.39, 0.29) is 11.7 Å². The minimum Gasteiger partial charge on any atom is -0.478 e. The molecule has 0 heterocycles. The summed E-state index contributed by atoms with van der Waals surface area (Å²) >= 11 is 0. The molecule has 0 aromatic heterocycles. The molecule has 56 valence electrons. The molecule has 0 bridgehead atoms. The molecule has 0 spiro atoms. The SMILES string of the molecule is CC(C)C(=O)/C=C/C(=O)O. The molecule has 0 aliphatic heterocycles. The number of hydrogen-bond acceptors (Lipinski definition) is 2. The van der Waals surface area contributed by atoms with Gasteiger partial charge in [0.2, 0.25) is 0 Å². The zero-order valence-electron chi connectivity index (χ0n) is 6.00. The number of hydrogen-bond donors (Lipinski definition) is 1. The molecule has 0 aromatic carbocycles. The number of ketones is 1. The van der Waals surface area contributed by atoms with Crippen LogP contribution in [0.2, 0.25) is 0 Å². The summed E-state index contributed by atoms with van der Waals surface area (Å²) in [5, 5.41) is 8.11. The average molecular weight is 142 g/mol. The van der Waals surface area contributed by atoms with Crippen molar-refractivity contribution in [2.45, 2.75) is 13.8 Å². The highest BCUT2D eigenvalue weighted by atomic mass is 16.4. The highest BCUT2D eigenvalue weighted by Gasteiger charge is 2.01. The van der Waals surface area contributed by atoms with Gasteiger partial charge in [0.15, 0.2) is 5.78 Å². The molecule has 10 heavy (non-hydrogen) atoms. The molecule has 3 heteroatoms. The molecular formula is C7H10O3. The van der Waals surface area contributed by atoms with Crippen LogP contribution in [0.5, 0.6) is 0 Å². The largest absolute Gasteiger partial charge is 0.478 e. The Balaban J connectivity index is 3.90. The van der Waals surface area contributed by atoms with E-state index in [0.717, 1.165) is 12.2 Å². The van der Waals surface area contributed by atoms with E-state index in [4.69, 9.17) is 5.11 Å². The quantitative estimate of drug-likeness (QED) is 0.594. The van der Waals surface area contributed by atoms with Crippen molar-refractivity contribution in [2.75, 3.05) is 0 Å². The molecule has 0 aromatic rings. The van der Waals surface area contributed by atoms with Gasteiger partial charge in [-0.2, -0.15) is 0 Å². The Morgan fingerprint density at radius 3 is 2.10 bits per heavy atom. The lowest BCUT2D eigenvalue weighted by molar-refractivity contribution is -0.131. The first kappa shape index (κ1) is 8.88. The highest BCUT2D eigenvalue weighted by Crippen LogP contribution is 1.94. The molecule has 0 radical (unpaired) electrons. The highest BCUT2D eigenvalue weighted by molar-refractivity contribution is 5.96. The normalized spacial score (nSPS) is 10.7. The van der Waals surface area contributed by atoms with Gasteiger partial charge in [-0.05, 0) is 6.08 Å². The Morgan fingerprint density at radius 2 is 1.80 bits per heavy atom. The molecule has 3 nitrogen and oxygen atoms in total. The van der Waals surface area contributed by atoms with Gasteiger partial charge in [0, 0.05) is 12.0 Å². The molecule has 0 saturated carbocycles. The van der Waals surface area contributed by atoms with Gasteiger partial charge < -0.3 is 5.11 Å². The van der Waals surface area contributed by atoms with Crippen molar-refractivity contribution >= 4 is 11.8 Å². The molecule has 0 saturated heterocycles. The van der Waals surface area contributed by atoms with E-state index in [1.54, 1.807) is 13.8 Å². The van der Waals surface area contributed by atoms with Crippen molar-refractivity contribution in [1.29, 1.82) is 0 Å². The van der Waals surface area contributed by atoms with Gasteiger partial charge >= 0.3 is 5.97 Å². The summed E-state index contributed by atoms with van der Waals surface area (Å²) in [4.78, 5) is 20.6. The maximum absolute atomic E-state index is 10.7. The second kappa shape index (κ2) is 3.82. The standard InChI is InChI=1S/C7H10O3/c1-5(2)6(8)3-4-7(9)10/h3-5H,1-2H3,(H,9,10)/b4-3+. The second-order valence-electron chi connectivity index (χ2n) is 2.23. The molecule has 0 unspecified atom stereocenters. The van der Waals surface area contributed by atoms with E-state index in [9.17, 15) is 9.59 Å². The summed E-state index contributed by atoms with van der Waals surface area (Å²) in [7, 11) is 0. The fourth-order valence-electron chi connectivity index (χ4n) is 0.346. The zero-order valence-corrected chi connectivity index (χ0v) is 6.00. The maximum atomic E-state index is 10.7. The van der Waals surface area contributed by atoms with Gasteiger partial charge in [0.1, 0.15) is 0 Å². The smallest absolute Gasteiger partial charge is 0.328 e. The van der Waals surface area contributed by atoms with Gasteiger partial charge in [-0.1, -0.05) is 13.8 Å². The van der Waals surface area contributed by atoms with E-state index in [1.807, 2.05) is 0 Å². The Bertz CT molecular complexity index is 168. The fourth-order valence-corrected chi connectivity index (χ4v) is 0.346. The van der Waals surface area contributed by atoms with E-state index in [1.165, 1.54) is 0 Å². The molecule has 0 rings (SSSR count). The summed E-state index contributed by atoms with van der Waals surface area (Å²) in [6.07, 6.45) is 1.93. The van der Waals surface area contributed by atoms with Gasteiger partial charge in [0.25, 0.3) is 0 Å². The van der Waals surface area contributed by atoms with Crippen molar-refractivity contribution in [1.82, 2.24) is 0 Å². The summed E-state index contributed by atoms with van der Waals surface area (Å²) < 4.78 is 0. The van der Waals surface area contributed by atoms with E-state index >= 15 is 0 Å². The van der Waals surface area contributed by atoms with E-state index in [0.29, 0.717) is 0 Å². The van der Waals surface area contributed by atoms with Crippen molar-refractivity contribution in [3.05, 3.63) is 12.2 Å². The number of carbonyl (C=O) groups excluding carboxylic acids is 1. The molecule has 1 N–H and O–H groups in total. The molecule has 0 fully saturated rings. The minimum atomic E-state index is -1.09. The summed E-state index contributed by atoms with van der Waals surface area (Å²) in [5.41, 5.74) is 0. The number of rotatable bonds is 3. The van der Waals surface area contributed by atoms with Crippen LogP contribution in [0.3, 0.4) is 0 Å². The number of carboxylic acids is 1. The number of carboxylic acid groups (broad SMARTS) is 1. The number of carbonyl (C=O) groups is 2. The fraction of sp³-hybridized carbons (Fsp3) is 0.429. The average Bonchev–Trinajstić information content (AvgIpc) is 1.82. The van der Waals surface area contributed by atoms with Gasteiger partial charge in [-0.25, -0.2) is 4.79 Å². The van der Waals surface area contributed by atoms with Crippen LogP contribution in [0, 0.1) is 5.92 Å². The van der Waals surface area contributed by atoms with Gasteiger partial charge in [0.05, 0.1) is 0 Å². The van der Waals surface area contributed by atoms with Gasteiger partial charge in [-0.3, -0.25) is 4.79 Å². The Labute approximate surface area is 59.4 Å². The van der Waals surface area contributed by atoms with Crippen molar-refractivity contribution in [2.24, 2.45) is 5.92 Å². The third-order valence-corrected chi connectivity index (χ3v) is 0.959. The zero-order chi connectivity index (χ0) is 8.15. The third-order valence-electron chi connectivity index (χ3n) is 0.959. The van der Waals surface area contributed by atoms with Crippen LogP contribution in [0.1, 0.15) is 13.8 Å². The topological polar surface area (TPSA) is 54.4 Å². The van der Waals surface area contributed by atoms with Crippen LogP contribution < -0.4 is 0 Å². The molecule has 0 aliphatic carbocycles. The predicted molar refractivity (Wildman–Crippen MR) is 36.6 cm³/mol. The first-order valence-electron chi connectivity index (χ1n) is 2.99. The maximum Gasteiger partial charge on any atom is 0.328 e. The first-order valence-corrected chi connectivity index (χ1v) is 2.99. The molecule has 0 amide bonds. The van der Waals surface area contributed by atoms with E-state index in [2.05, 4.69) is 0 Å². The van der Waals surface area contributed by atoms with Crippen molar-refractivity contribution in [3.63, 3.8) is 0 Å². The van der Waals surface area contributed by atoms with Gasteiger partial charge in [-0.15, -0.1) is 0 Å². The lowest BCUT2D eigenvalue weighted by Crippen LogP contribution is -2.03. The van der Waals surface area contributed by atoms with Crippen LogP contribution in [0.25, 0.3) is 0 Å². The monoisotopic (exact) mass is 142 g/mol. The Kier molecular flexibility index (Phi) is 3.39. The Morgan fingerprint density at radius 1 is 1.30 bits per heavy atom. The lowest BCUT2D eigenvalue weighted by Gasteiger charge is -1.94. The number of aliphatic carboxylic acids is 1. The number of allylic oxidation sites excluding steroid dienone is 1. The van der Waals surface area contributed by atoms with Crippen LogP contribution in [-0.2, 0) is 9.59 Å². The molecule has 0 aliphatic rings. The summed E-state index contributed by atoms with van der Waals surface area (Å²) in [6.45, 7) is 3.43. The first-order chi connectivity index (χ1) is 4.54. The summed E-state index contributed by atoms with van der Waals surface area (Å²) in [5.74, 6) is -1.38. The van der Waals surface area contributed by atoms with Crippen LogP contribution in [0.4, 0.5) is 0 Å². The van der Waals surface area contributed by atoms with E-state index < -0.39 is 5.97 Å².